The van der Waals surface area contributed by atoms with Crippen LogP contribution in [-0.2, 0) is 0 Å². The van der Waals surface area contributed by atoms with Gasteiger partial charge in [-0.15, -0.1) is 0 Å². The third-order valence-corrected chi connectivity index (χ3v) is 9.30. The molecule has 210 valence electrons. The van der Waals surface area contributed by atoms with Crippen LogP contribution in [0.25, 0.3) is 71.6 Å². The molecule has 0 fully saturated rings. The van der Waals surface area contributed by atoms with Gasteiger partial charge in [0, 0.05) is 33.0 Å². The average Bonchev–Trinajstić information content (AvgIpc) is 3.63. The first-order valence-electron chi connectivity index (χ1n) is 15.4. The van der Waals surface area contributed by atoms with Gasteiger partial charge in [0.2, 0.25) is 0 Å². The molecule has 0 aliphatic carbocycles. The van der Waals surface area contributed by atoms with Crippen LogP contribution in [0.15, 0.2) is 162 Å². The van der Waals surface area contributed by atoms with Gasteiger partial charge in [0.05, 0.1) is 16.9 Å². The quantitative estimate of drug-likeness (QED) is 0.205. The largest absolute Gasteiger partial charge is 0.456 e. The lowest BCUT2D eigenvalue weighted by molar-refractivity contribution is 0.669. The van der Waals surface area contributed by atoms with Crippen LogP contribution >= 0.6 is 0 Å². The van der Waals surface area contributed by atoms with Gasteiger partial charge in [-0.3, -0.25) is 9.47 Å². The summed E-state index contributed by atoms with van der Waals surface area (Å²) in [5.41, 5.74) is 11.3. The Morgan fingerprint density at radius 1 is 0.422 bits per heavy atom. The Kier molecular flexibility index (Phi) is 5.00. The van der Waals surface area contributed by atoms with E-state index >= 15 is 0 Å². The van der Waals surface area contributed by atoms with E-state index in [1.807, 2.05) is 12.1 Å². The Morgan fingerprint density at radius 3 is 2.00 bits per heavy atom. The van der Waals surface area contributed by atoms with Crippen molar-refractivity contribution in [2.75, 3.05) is 4.90 Å². The minimum Gasteiger partial charge on any atom is -0.456 e. The summed E-state index contributed by atoms with van der Waals surface area (Å²) in [6.07, 6.45) is 0. The van der Waals surface area contributed by atoms with E-state index < -0.39 is 0 Å². The zero-order valence-electron chi connectivity index (χ0n) is 24.3. The lowest BCUT2D eigenvalue weighted by atomic mass is 9.97. The predicted octanol–water partition coefficient (Wildman–Crippen LogP) is 11.8. The number of nitrogens with zero attached hydrogens (tertiary/aromatic N) is 2. The first-order valence-corrected chi connectivity index (χ1v) is 15.4. The molecule has 3 nitrogen and oxygen atoms in total. The standard InChI is InChI=1S/C42H26N2O/c1-2-10-29-25-39-35(23-28(29)9-1)33-12-4-7-15-38(33)44-37-14-6-3-11-31(37)26-42(44)43(39)32-20-17-27(18-21-32)30-19-22-41-36(24-30)34-13-5-8-16-40(34)45-41/h1-26H. The van der Waals surface area contributed by atoms with Crippen LogP contribution in [0.3, 0.4) is 0 Å². The summed E-state index contributed by atoms with van der Waals surface area (Å²) in [6.45, 7) is 0. The highest BCUT2D eigenvalue weighted by Crippen LogP contribution is 2.50. The summed E-state index contributed by atoms with van der Waals surface area (Å²) in [6, 6.07) is 56.9. The first kappa shape index (κ1) is 24.4. The summed E-state index contributed by atoms with van der Waals surface area (Å²) in [5.74, 6) is 1.12. The molecule has 0 spiro atoms. The van der Waals surface area contributed by atoms with E-state index in [-0.39, 0.29) is 0 Å². The van der Waals surface area contributed by atoms with E-state index in [1.165, 1.54) is 55.3 Å². The molecule has 0 saturated heterocycles. The molecule has 10 rings (SSSR count). The van der Waals surface area contributed by atoms with Crippen molar-refractivity contribution in [3.8, 4) is 27.9 Å². The highest BCUT2D eigenvalue weighted by atomic mass is 16.3. The normalized spacial score (nSPS) is 12.4. The topological polar surface area (TPSA) is 21.3 Å². The summed E-state index contributed by atoms with van der Waals surface area (Å²) in [4.78, 5) is 2.43. The maximum absolute atomic E-state index is 6.09. The number of aromatic nitrogens is 1. The number of hydrogen-bond acceptors (Lipinski definition) is 2. The van der Waals surface area contributed by atoms with E-state index in [0.29, 0.717) is 0 Å². The van der Waals surface area contributed by atoms with Crippen LogP contribution in [0.4, 0.5) is 17.2 Å². The summed E-state index contributed by atoms with van der Waals surface area (Å²) in [7, 11) is 0. The number of rotatable bonds is 2. The van der Waals surface area contributed by atoms with Crippen molar-refractivity contribution in [3.05, 3.63) is 158 Å². The predicted molar refractivity (Wildman–Crippen MR) is 187 cm³/mol. The molecule has 0 atom stereocenters. The van der Waals surface area contributed by atoms with E-state index in [0.717, 1.165) is 33.4 Å². The molecular formula is C42H26N2O. The fourth-order valence-electron chi connectivity index (χ4n) is 7.19. The lowest BCUT2D eigenvalue weighted by Gasteiger charge is -2.26. The Balaban J connectivity index is 1.20. The van der Waals surface area contributed by atoms with Crippen molar-refractivity contribution in [1.29, 1.82) is 0 Å². The third-order valence-electron chi connectivity index (χ3n) is 9.30. The van der Waals surface area contributed by atoms with Crippen molar-refractivity contribution < 1.29 is 4.42 Å². The number of anilines is 3. The fraction of sp³-hybridized carbons (Fsp3) is 0. The summed E-state index contributed by atoms with van der Waals surface area (Å²) in [5, 5.41) is 5.96. The molecular weight excluding hydrogens is 548 g/mol. The van der Waals surface area contributed by atoms with Gasteiger partial charge in [-0.2, -0.15) is 0 Å². The van der Waals surface area contributed by atoms with Gasteiger partial charge in [0.15, 0.2) is 0 Å². The minimum absolute atomic E-state index is 0.914. The van der Waals surface area contributed by atoms with Gasteiger partial charge in [-0.25, -0.2) is 0 Å². The molecule has 1 aliphatic heterocycles. The van der Waals surface area contributed by atoms with Crippen LogP contribution in [0, 0.1) is 0 Å². The van der Waals surface area contributed by atoms with Gasteiger partial charge in [-0.05, 0) is 82.6 Å². The van der Waals surface area contributed by atoms with Gasteiger partial charge >= 0.3 is 0 Å². The highest BCUT2D eigenvalue weighted by Gasteiger charge is 2.28. The second kappa shape index (κ2) is 9.22. The molecule has 0 bridgehead atoms. The Bertz CT molecular complexity index is 2600. The van der Waals surface area contributed by atoms with Crippen molar-refractivity contribution >= 4 is 60.8 Å². The van der Waals surface area contributed by atoms with E-state index in [2.05, 4.69) is 155 Å². The molecule has 7 aromatic carbocycles. The number of furan rings is 1. The van der Waals surface area contributed by atoms with Crippen LogP contribution in [0.5, 0.6) is 0 Å². The Labute approximate surface area is 259 Å². The van der Waals surface area contributed by atoms with Gasteiger partial charge in [-0.1, -0.05) is 97.1 Å². The van der Waals surface area contributed by atoms with Crippen molar-refractivity contribution in [2.45, 2.75) is 0 Å². The molecule has 9 aromatic rings. The monoisotopic (exact) mass is 574 g/mol. The molecule has 0 amide bonds. The highest BCUT2D eigenvalue weighted by molar-refractivity contribution is 6.07. The molecule has 0 radical (unpaired) electrons. The van der Waals surface area contributed by atoms with Crippen LogP contribution in [0.1, 0.15) is 0 Å². The van der Waals surface area contributed by atoms with E-state index in [4.69, 9.17) is 4.42 Å². The zero-order valence-corrected chi connectivity index (χ0v) is 24.3. The number of hydrogen-bond donors (Lipinski definition) is 0. The molecule has 0 saturated carbocycles. The lowest BCUT2D eigenvalue weighted by Crippen LogP contribution is -2.13. The van der Waals surface area contributed by atoms with Crippen LogP contribution in [0.2, 0.25) is 0 Å². The van der Waals surface area contributed by atoms with E-state index in [9.17, 15) is 0 Å². The molecule has 2 aromatic heterocycles. The smallest absolute Gasteiger partial charge is 0.135 e. The molecule has 0 unspecified atom stereocenters. The van der Waals surface area contributed by atoms with Gasteiger partial charge in [0.25, 0.3) is 0 Å². The maximum Gasteiger partial charge on any atom is 0.135 e. The molecule has 1 aliphatic rings. The summed E-state index contributed by atoms with van der Waals surface area (Å²) >= 11 is 0. The summed E-state index contributed by atoms with van der Waals surface area (Å²) < 4.78 is 8.51. The number of fused-ring (bicyclic) bond motifs is 11. The van der Waals surface area contributed by atoms with Crippen molar-refractivity contribution in [2.24, 2.45) is 0 Å². The fourth-order valence-corrected chi connectivity index (χ4v) is 7.19. The number of benzene rings is 7. The average molecular weight is 575 g/mol. The molecule has 45 heavy (non-hydrogen) atoms. The number of para-hydroxylation sites is 3. The van der Waals surface area contributed by atoms with Crippen molar-refractivity contribution in [1.82, 2.24) is 4.57 Å². The Hall–Kier alpha value is -6.06. The Morgan fingerprint density at radius 2 is 1.11 bits per heavy atom. The van der Waals surface area contributed by atoms with Crippen LogP contribution < -0.4 is 4.90 Å². The van der Waals surface area contributed by atoms with Crippen LogP contribution in [-0.4, -0.2) is 4.57 Å². The van der Waals surface area contributed by atoms with Crippen molar-refractivity contribution in [3.63, 3.8) is 0 Å². The molecule has 3 heterocycles. The molecule has 0 N–H and O–H groups in total. The SMILES string of the molecule is c1ccc2c(c1)-c1cc3ccccc3cc1N(c1ccc(-c3ccc4oc5ccccc5c4c3)cc1)c1cc3ccccc3n1-2. The minimum atomic E-state index is 0.914. The second-order valence-corrected chi connectivity index (χ2v) is 11.8. The van der Waals surface area contributed by atoms with Gasteiger partial charge in [0.1, 0.15) is 17.0 Å². The van der Waals surface area contributed by atoms with Gasteiger partial charge < -0.3 is 4.42 Å². The second-order valence-electron chi connectivity index (χ2n) is 11.8. The molecule has 3 heteroatoms. The van der Waals surface area contributed by atoms with E-state index in [1.54, 1.807) is 0 Å². The zero-order chi connectivity index (χ0) is 29.5. The maximum atomic E-state index is 6.09. The first-order chi connectivity index (χ1) is 22.3. The third kappa shape index (κ3) is 3.58.